The molecule has 0 radical (unpaired) electrons. The van der Waals surface area contributed by atoms with Crippen molar-refractivity contribution in [1.82, 2.24) is 0 Å². The largest absolute Gasteiger partial charge is 0.299 e. The predicted molar refractivity (Wildman–Crippen MR) is 64.2 cm³/mol. The van der Waals surface area contributed by atoms with Crippen molar-refractivity contribution >= 4 is 17.4 Å². The van der Waals surface area contributed by atoms with Crippen molar-refractivity contribution in [2.45, 2.75) is 33.1 Å². The molecule has 0 saturated heterocycles. The van der Waals surface area contributed by atoms with Crippen LogP contribution >= 0.6 is 11.6 Å². The van der Waals surface area contributed by atoms with Gasteiger partial charge in [0.25, 0.3) is 0 Å². The van der Waals surface area contributed by atoms with Crippen LogP contribution in [0.25, 0.3) is 0 Å². The lowest BCUT2D eigenvalue weighted by atomic mass is 9.95. The first-order chi connectivity index (χ1) is 7.56. The fraction of sp³-hybridized carbons (Fsp3) is 0.462. The van der Waals surface area contributed by atoms with E-state index in [1.807, 2.05) is 13.8 Å². The van der Waals surface area contributed by atoms with Crippen molar-refractivity contribution < 1.29 is 9.18 Å². The molecule has 0 amide bonds. The van der Waals surface area contributed by atoms with E-state index in [2.05, 4.69) is 0 Å². The molecule has 1 unspecified atom stereocenters. The number of carbonyl (C=O) groups excluding carboxylic acids is 1. The van der Waals surface area contributed by atoms with Gasteiger partial charge in [0.05, 0.1) is 5.02 Å². The second-order valence-corrected chi connectivity index (χ2v) is 4.45. The Morgan fingerprint density at radius 3 is 2.81 bits per heavy atom. The summed E-state index contributed by atoms with van der Waals surface area (Å²) in [6.45, 7) is 3.91. The summed E-state index contributed by atoms with van der Waals surface area (Å²) in [5.41, 5.74) is 0.389. The van der Waals surface area contributed by atoms with Gasteiger partial charge in [-0.1, -0.05) is 44.0 Å². The minimum Gasteiger partial charge on any atom is -0.299 e. The molecule has 0 N–H and O–H groups in total. The number of Topliss-reactive ketones (excluding diaryl/α,β-unsaturated/α-hetero) is 1. The molecule has 0 aliphatic rings. The molecule has 3 heteroatoms. The molecule has 88 valence electrons. The molecule has 0 aromatic heterocycles. The lowest BCUT2D eigenvalue weighted by molar-refractivity contribution is -0.121. The molecule has 1 atom stereocenters. The number of hydrogen-bond donors (Lipinski definition) is 0. The third kappa shape index (κ3) is 3.31. The summed E-state index contributed by atoms with van der Waals surface area (Å²) in [5.74, 6) is -0.410. The highest BCUT2D eigenvalue weighted by molar-refractivity contribution is 6.30. The van der Waals surface area contributed by atoms with Gasteiger partial charge in [-0.3, -0.25) is 4.79 Å². The zero-order valence-electron chi connectivity index (χ0n) is 9.59. The Labute approximate surface area is 101 Å². The van der Waals surface area contributed by atoms with Gasteiger partial charge in [-0.15, -0.1) is 0 Å². The van der Waals surface area contributed by atoms with Crippen molar-refractivity contribution in [2.75, 3.05) is 0 Å². The molecule has 0 aliphatic heterocycles. The number of carbonyl (C=O) groups is 1. The average molecular weight is 243 g/mol. The number of benzene rings is 1. The minimum atomic E-state index is -0.471. The quantitative estimate of drug-likeness (QED) is 0.762. The Morgan fingerprint density at radius 2 is 2.19 bits per heavy atom. The predicted octanol–water partition coefficient (Wildman–Crippen LogP) is 4.03. The summed E-state index contributed by atoms with van der Waals surface area (Å²) >= 11 is 5.65. The van der Waals surface area contributed by atoms with Gasteiger partial charge in [-0.05, 0) is 18.1 Å². The molecular weight excluding hydrogens is 227 g/mol. The maximum Gasteiger partial charge on any atom is 0.145 e. The number of hydrogen-bond acceptors (Lipinski definition) is 1. The fourth-order valence-electron chi connectivity index (χ4n) is 1.64. The minimum absolute atomic E-state index is 0.0108. The smallest absolute Gasteiger partial charge is 0.145 e. The van der Waals surface area contributed by atoms with E-state index in [4.69, 9.17) is 11.6 Å². The monoisotopic (exact) mass is 242 g/mol. The summed E-state index contributed by atoms with van der Waals surface area (Å²) in [6, 6.07) is 4.76. The number of ketones is 1. The van der Waals surface area contributed by atoms with E-state index in [-0.39, 0.29) is 23.1 Å². The lowest BCUT2D eigenvalue weighted by Crippen LogP contribution is -2.14. The zero-order valence-corrected chi connectivity index (χ0v) is 10.4. The summed E-state index contributed by atoms with van der Waals surface area (Å²) in [5, 5.41) is 0.0773. The van der Waals surface area contributed by atoms with Gasteiger partial charge in [0, 0.05) is 12.3 Å². The maximum absolute atomic E-state index is 13.5. The van der Waals surface area contributed by atoms with E-state index in [1.165, 1.54) is 6.07 Å². The molecule has 0 heterocycles. The molecule has 1 aromatic rings. The average Bonchev–Trinajstić information content (AvgIpc) is 2.25. The van der Waals surface area contributed by atoms with Crippen LogP contribution in [0, 0.1) is 11.7 Å². The van der Waals surface area contributed by atoms with Gasteiger partial charge >= 0.3 is 0 Å². The number of halogens is 2. The molecule has 16 heavy (non-hydrogen) atoms. The van der Waals surface area contributed by atoms with Crippen LogP contribution in [0.15, 0.2) is 18.2 Å². The molecule has 0 bridgehead atoms. The van der Waals surface area contributed by atoms with Crippen LogP contribution in [-0.4, -0.2) is 5.78 Å². The van der Waals surface area contributed by atoms with Gasteiger partial charge < -0.3 is 0 Å². The highest BCUT2D eigenvalue weighted by atomic mass is 35.5. The molecule has 0 aliphatic carbocycles. The molecule has 1 aromatic carbocycles. The standard InChI is InChI=1S/C13H16ClFO/c1-3-5-9(2)12(16)8-10-6-4-7-11(14)13(10)15/h4,6-7,9H,3,5,8H2,1-2H3. The highest BCUT2D eigenvalue weighted by Gasteiger charge is 2.15. The van der Waals surface area contributed by atoms with E-state index >= 15 is 0 Å². The summed E-state index contributed by atoms with van der Waals surface area (Å²) in [4.78, 5) is 11.8. The van der Waals surface area contributed by atoms with Crippen LogP contribution in [0.2, 0.25) is 5.02 Å². The zero-order chi connectivity index (χ0) is 12.1. The van der Waals surface area contributed by atoms with E-state index < -0.39 is 5.82 Å². The van der Waals surface area contributed by atoms with E-state index in [1.54, 1.807) is 12.1 Å². The third-order valence-corrected chi connectivity index (χ3v) is 2.96. The number of rotatable bonds is 5. The van der Waals surface area contributed by atoms with E-state index in [9.17, 15) is 9.18 Å². The van der Waals surface area contributed by atoms with Crippen molar-refractivity contribution in [3.05, 3.63) is 34.6 Å². The first kappa shape index (κ1) is 13.2. The van der Waals surface area contributed by atoms with Crippen LogP contribution in [0.1, 0.15) is 32.3 Å². The lowest BCUT2D eigenvalue weighted by Gasteiger charge is -2.09. The SMILES string of the molecule is CCCC(C)C(=O)Cc1cccc(Cl)c1F. The van der Waals surface area contributed by atoms with Crippen LogP contribution in [-0.2, 0) is 11.2 Å². The highest BCUT2D eigenvalue weighted by Crippen LogP contribution is 2.20. The normalized spacial score (nSPS) is 12.5. The first-order valence-electron chi connectivity index (χ1n) is 5.51. The van der Waals surface area contributed by atoms with Crippen molar-refractivity contribution in [3.63, 3.8) is 0 Å². The van der Waals surface area contributed by atoms with Crippen LogP contribution in [0.4, 0.5) is 4.39 Å². The summed E-state index contributed by atoms with van der Waals surface area (Å²) < 4.78 is 13.5. The van der Waals surface area contributed by atoms with Gasteiger partial charge in [0.1, 0.15) is 11.6 Å². The van der Waals surface area contributed by atoms with Gasteiger partial charge in [-0.25, -0.2) is 4.39 Å². The Bertz CT molecular complexity index is 376. The molecule has 0 spiro atoms. The first-order valence-corrected chi connectivity index (χ1v) is 5.89. The second kappa shape index (κ2) is 6.00. The van der Waals surface area contributed by atoms with Gasteiger partial charge in [-0.2, -0.15) is 0 Å². The van der Waals surface area contributed by atoms with Crippen LogP contribution in [0.3, 0.4) is 0 Å². The molecule has 0 saturated carbocycles. The van der Waals surface area contributed by atoms with E-state index in [0.717, 1.165) is 12.8 Å². The molecule has 0 fully saturated rings. The van der Waals surface area contributed by atoms with Gasteiger partial charge in [0.2, 0.25) is 0 Å². The van der Waals surface area contributed by atoms with Crippen LogP contribution in [0.5, 0.6) is 0 Å². The topological polar surface area (TPSA) is 17.1 Å². The fourth-order valence-corrected chi connectivity index (χ4v) is 1.84. The van der Waals surface area contributed by atoms with E-state index in [0.29, 0.717) is 5.56 Å². The second-order valence-electron chi connectivity index (χ2n) is 4.05. The maximum atomic E-state index is 13.5. The molecule has 1 rings (SSSR count). The summed E-state index contributed by atoms with van der Waals surface area (Å²) in [6.07, 6.45) is 1.94. The molecular formula is C13H16ClFO. The molecule has 1 nitrogen and oxygen atoms in total. The Morgan fingerprint density at radius 1 is 1.50 bits per heavy atom. The Kier molecular flexibility index (Phi) is 4.94. The van der Waals surface area contributed by atoms with Crippen molar-refractivity contribution in [1.29, 1.82) is 0 Å². The Hall–Kier alpha value is -0.890. The van der Waals surface area contributed by atoms with Crippen molar-refractivity contribution in [2.24, 2.45) is 5.92 Å². The third-order valence-electron chi connectivity index (χ3n) is 2.67. The Balaban J connectivity index is 2.73. The van der Waals surface area contributed by atoms with Crippen LogP contribution < -0.4 is 0 Å². The van der Waals surface area contributed by atoms with Gasteiger partial charge in [0.15, 0.2) is 0 Å². The summed E-state index contributed by atoms with van der Waals surface area (Å²) in [7, 11) is 0. The van der Waals surface area contributed by atoms with Crippen molar-refractivity contribution in [3.8, 4) is 0 Å².